The normalized spacial score (nSPS) is 25.6. The van der Waals surface area contributed by atoms with Gasteiger partial charge in [-0.3, -0.25) is 9.59 Å². The Morgan fingerprint density at radius 1 is 1.21 bits per heavy atom. The zero-order valence-corrected chi connectivity index (χ0v) is 13.8. The van der Waals surface area contributed by atoms with Gasteiger partial charge in [-0.15, -0.1) is 0 Å². The van der Waals surface area contributed by atoms with Crippen molar-refractivity contribution in [2.24, 2.45) is 11.8 Å². The Morgan fingerprint density at radius 3 is 2.75 bits per heavy atom. The van der Waals surface area contributed by atoms with E-state index in [0.29, 0.717) is 18.0 Å². The molecule has 1 N–H and O–H groups in total. The van der Waals surface area contributed by atoms with Crippen LogP contribution in [0.25, 0.3) is 0 Å². The number of ether oxygens (including phenoxy) is 3. The summed E-state index contributed by atoms with van der Waals surface area (Å²) in [5.41, 5.74) is 0. The zero-order valence-electron chi connectivity index (χ0n) is 13.8. The van der Waals surface area contributed by atoms with Crippen LogP contribution in [0, 0.1) is 11.8 Å². The van der Waals surface area contributed by atoms with Gasteiger partial charge in [-0.1, -0.05) is 25.0 Å². The molecule has 1 aromatic carbocycles. The van der Waals surface area contributed by atoms with Crippen LogP contribution >= 0.6 is 0 Å². The summed E-state index contributed by atoms with van der Waals surface area (Å²) in [6, 6.07) is 7.29. The summed E-state index contributed by atoms with van der Waals surface area (Å²) in [5.74, 6) is 0.827. The number of nitrogens with one attached hydrogen (secondary N) is 1. The highest BCUT2D eigenvalue weighted by Crippen LogP contribution is 2.32. The van der Waals surface area contributed by atoms with Gasteiger partial charge in [0.05, 0.1) is 13.0 Å². The Morgan fingerprint density at radius 2 is 1.96 bits per heavy atom. The minimum absolute atomic E-state index is 0.118. The molecule has 0 spiro atoms. The fourth-order valence-corrected chi connectivity index (χ4v) is 3.41. The molecule has 1 aliphatic heterocycles. The predicted octanol–water partition coefficient (Wildman–Crippen LogP) is 1.92. The van der Waals surface area contributed by atoms with Gasteiger partial charge in [0.2, 0.25) is 6.10 Å². The maximum Gasteiger partial charge on any atom is 0.309 e. The number of fused-ring (bicyclic) bond motifs is 1. The van der Waals surface area contributed by atoms with E-state index in [1.165, 1.54) is 7.11 Å². The highest BCUT2D eigenvalue weighted by Gasteiger charge is 2.33. The maximum absolute atomic E-state index is 12.4. The van der Waals surface area contributed by atoms with Crippen LogP contribution in [0.15, 0.2) is 24.3 Å². The summed E-state index contributed by atoms with van der Waals surface area (Å²) in [6.07, 6.45) is 3.18. The van der Waals surface area contributed by atoms with Gasteiger partial charge in [-0.2, -0.15) is 0 Å². The molecule has 0 aromatic heterocycles. The zero-order chi connectivity index (χ0) is 16.9. The third-order valence-corrected chi connectivity index (χ3v) is 4.75. The first kappa shape index (κ1) is 16.6. The average Bonchev–Trinajstić information content (AvgIpc) is 2.65. The van der Waals surface area contributed by atoms with E-state index < -0.39 is 6.10 Å². The second kappa shape index (κ2) is 7.55. The van der Waals surface area contributed by atoms with E-state index in [9.17, 15) is 9.59 Å². The third-order valence-electron chi connectivity index (χ3n) is 4.75. The van der Waals surface area contributed by atoms with E-state index in [1.54, 1.807) is 6.07 Å². The van der Waals surface area contributed by atoms with Crippen LogP contribution < -0.4 is 14.8 Å². The maximum atomic E-state index is 12.4. The Labute approximate surface area is 141 Å². The van der Waals surface area contributed by atoms with Gasteiger partial charge in [-0.25, -0.2) is 0 Å². The van der Waals surface area contributed by atoms with Crippen molar-refractivity contribution in [2.45, 2.75) is 31.8 Å². The predicted molar refractivity (Wildman–Crippen MR) is 86.8 cm³/mol. The molecule has 0 radical (unpaired) electrons. The molecule has 0 saturated heterocycles. The molecule has 130 valence electrons. The van der Waals surface area contributed by atoms with Crippen molar-refractivity contribution >= 4 is 11.9 Å². The molecule has 1 aromatic rings. The van der Waals surface area contributed by atoms with E-state index in [1.807, 2.05) is 18.2 Å². The first-order valence-electron chi connectivity index (χ1n) is 8.43. The van der Waals surface area contributed by atoms with E-state index in [4.69, 9.17) is 14.2 Å². The molecule has 6 heteroatoms. The van der Waals surface area contributed by atoms with E-state index >= 15 is 0 Å². The Bertz CT molecular complexity index is 603. The highest BCUT2D eigenvalue weighted by molar-refractivity contribution is 5.82. The van der Waals surface area contributed by atoms with Crippen molar-refractivity contribution in [3.8, 4) is 11.5 Å². The topological polar surface area (TPSA) is 73.9 Å². The molecule has 1 amide bonds. The summed E-state index contributed by atoms with van der Waals surface area (Å²) in [5, 5.41) is 2.91. The lowest BCUT2D eigenvalue weighted by Gasteiger charge is -2.30. The number of esters is 1. The molecule has 6 nitrogen and oxygen atoms in total. The molecule has 1 saturated carbocycles. The fourth-order valence-electron chi connectivity index (χ4n) is 3.41. The quantitative estimate of drug-likeness (QED) is 0.852. The SMILES string of the molecule is COC(=O)C1CCCCC1CNC(=O)C1COc2ccccc2O1. The van der Waals surface area contributed by atoms with E-state index in [0.717, 1.165) is 25.7 Å². The number of para-hydroxylation sites is 2. The first-order chi connectivity index (χ1) is 11.7. The largest absolute Gasteiger partial charge is 0.485 e. The number of hydrogen-bond acceptors (Lipinski definition) is 5. The Hall–Kier alpha value is -2.24. The fraction of sp³-hybridized carbons (Fsp3) is 0.556. The van der Waals surface area contributed by atoms with E-state index in [-0.39, 0.29) is 30.3 Å². The molecule has 24 heavy (non-hydrogen) atoms. The highest BCUT2D eigenvalue weighted by atomic mass is 16.6. The van der Waals surface area contributed by atoms with Crippen LogP contribution in [0.2, 0.25) is 0 Å². The Kier molecular flexibility index (Phi) is 5.23. The molecule has 3 atom stereocenters. The lowest BCUT2D eigenvalue weighted by Crippen LogP contribution is -2.46. The van der Waals surface area contributed by atoms with Gasteiger partial charge in [0.1, 0.15) is 6.61 Å². The third kappa shape index (κ3) is 3.63. The van der Waals surface area contributed by atoms with Crippen molar-refractivity contribution in [3.63, 3.8) is 0 Å². The number of rotatable bonds is 4. The number of methoxy groups -OCH3 is 1. The van der Waals surface area contributed by atoms with Gasteiger partial charge >= 0.3 is 5.97 Å². The Balaban J connectivity index is 1.54. The number of benzene rings is 1. The molecule has 1 aliphatic carbocycles. The van der Waals surface area contributed by atoms with Gasteiger partial charge in [0.25, 0.3) is 5.91 Å². The second-order valence-electron chi connectivity index (χ2n) is 6.28. The number of amides is 1. The molecule has 1 heterocycles. The minimum Gasteiger partial charge on any atom is -0.485 e. The van der Waals surface area contributed by atoms with Crippen LogP contribution in [0.4, 0.5) is 0 Å². The second-order valence-corrected chi connectivity index (χ2v) is 6.28. The van der Waals surface area contributed by atoms with Crippen LogP contribution in [-0.4, -0.2) is 38.2 Å². The van der Waals surface area contributed by atoms with Crippen LogP contribution in [0.1, 0.15) is 25.7 Å². The van der Waals surface area contributed by atoms with Crippen molar-refractivity contribution in [3.05, 3.63) is 24.3 Å². The van der Waals surface area contributed by atoms with Crippen LogP contribution in [-0.2, 0) is 14.3 Å². The van der Waals surface area contributed by atoms with Gasteiger partial charge in [-0.05, 0) is 30.9 Å². The van der Waals surface area contributed by atoms with Gasteiger partial charge < -0.3 is 19.5 Å². The summed E-state index contributed by atoms with van der Waals surface area (Å²) in [4.78, 5) is 24.2. The van der Waals surface area contributed by atoms with Crippen molar-refractivity contribution in [2.75, 3.05) is 20.3 Å². The van der Waals surface area contributed by atoms with Gasteiger partial charge in [0.15, 0.2) is 11.5 Å². The summed E-state index contributed by atoms with van der Waals surface area (Å²) >= 11 is 0. The van der Waals surface area contributed by atoms with Crippen LogP contribution in [0.3, 0.4) is 0 Å². The number of carbonyl (C=O) groups is 2. The van der Waals surface area contributed by atoms with Gasteiger partial charge in [0, 0.05) is 6.54 Å². The molecule has 3 rings (SSSR count). The molecule has 1 fully saturated rings. The molecular formula is C18H23NO5. The lowest BCUT2D eigenvalue weighted by atomic mass is 9.79. The minimum atomic E-state index is -0.667. The smallest absolute Gasteiger partial charge is 0.309 e. The summed E-state index contributed by atoms with van der Waals surface area (Å²) < 4.78 is 16.2. The standard InChI is InChI=1S/C18H23NO5/c1-22-18(21)13-7-3-2-6-12(13)10-19-17(20)16-11-23-14-8-4-5-9-15(14)24-16/h4-5,8-9,12-13,16H,2-3,6-7,10-11H2,1H3,(H,19,20). The number of carbonyl (C=O) groups excluding carboxylic acids is 2. The summed E-state index contributed by atoms with van der Waals surface area (Å²) in [6.45, 7) is 0.647. The molecule has 0 bridgehead atoms. The first-order valence-corrected chi connectivity index (χ1v) is 8.43. The molecular weight excluding hydrogens is 310 g/mol. The average molecular weight is 333 g/mol. The van der Waals surface area contributed by atoms with E-state index in [2.05, 4.69) is 5.32 Å². The monoisotopic (exact) mass is 333 g/mol. The summed E-state index contributed by atoms with van der Waals surface area (Å²) in [7, 11) is 1.41. The van der Waals surface area contributed by atoms with Crippen LogP contribution in [0.5, 0.6) is 11.5 Å². The molecule has 2 aliphatic rings. The van der Waals surface area contributed by atoms with Crippen molar-refractivity contribution in [1.29, 1.82) is 0 Å². The lowest BCUT2D eigenvalue weighted by molar-refractivity contribution is -0.149. The number of hydrogen-bond donors (Lipinski definition) is 1. The van der Waals surface area contributed by atoms with Crippen molar-refractivity contribution in [1.82, 2.24) is 5.32 Å². The van der Waals surface area contributed by atoms with Crippen molar-refractivity contribution < 1.29 is 23.8 Å². The molecule has 3 unspecified atom stereocenters.